The minimum absolute atomic E-state index is 0.00898. The number of nitrogens with zero attached hydrogens (tertiary/aromatic N) is 4. The summed E-state index contributed by atoms with van der Waals surface area (Å²) in [5.41, 5.74) is -5.25. The monoisotopic (exact) mass is 1800 g/mol. The molecular weight excluding hydrogens is 1730 g/mol. The van der Waals surface area contributed by atoms with Crippen LogP contribution in [0.4, 0.5) is 17.6 Å². The maximum absolute atomic E-state index is 15.6. The first-order chi connectivity index (χ1) is 56.9. The highest BCUT2D eigenvalue weighted by atomic mass is 35.5. The van der Waals surface area contributed by atoms with E-state index in [1.54, 1.807) is 12.1 Å². The lowest BCUT2D eigenvalue weighted by molar-refractivity contribution is -0.179. The lowest BCUT2D eigenvalue weighted by Gasteiger charge is -2.27. The third-order valence-electron chi connectivity index (χ3n) is 16.7. The van der Waals surface area contributed by atoms with Gasteiger partial charge in [0.25, 0.3) is 22.2 Å². The molecule has 0 amide bonds. The molecule has 4 aromatic heterocycles. The van der Waals surface area contributed by atoms with Gasteiger partial charge in [0.05, 0.1) is 34.7 Å². The number of phosphoric acid groups is 4. The highest BCUT2D eigenvalue weighted by molar-refractivity contribution is 7.49. The normalized spacial score (nSPS) is 33.6. The molecule has 16 rings (SSSR count). The molecule has 0 radical (unpaired) electrons. The molecule has 0 saturated carbocycles. The van der Waals surface area contributed by atoms with Crippen LogP contribution in [0.2, 0.25) is 20.1 Å². The van der Waals surface area contributed by atoms with Crippen molar-refractivity contribution in [1.82, 2.24) is 38.2 Å². The summed E-state index contributed by atoms with van der Waals surface area (Å²) in [6.45, 7) is -9.86. The van der Waals surface area contributed by atoms with Crippen molar-refractivity contribution in [2.45, 2.75) is 125 Å². The maximum atomic E-state index is 15.6. The van der Waals surface area contributed by atoms with Crippen LogP contribution in [-0.2, 0) is 99.8 Å². The zero-order valence-corrected chi connectivity index (χ0v) is 64.5. The summed E-state index contributed by atoms with van der Waals surface area (Å²) in [4.78, 5) is 100. The van der Waals surface area contributed by atoms with Crippen LogP contribution in [0.25, 0.3) is 0 Å². The number of rotatable bonds is 16. The van der Waals surface area contributed by atoms with Crippen molar-refractivity contribution in [3.8, 4) is 23.0 Å². The van der Waals surface area contributed by atoms with E-state index in [2.05, 4.69) is 0 Å². The van der Waals surface area contributed by atoms with Gasteiger partial charge in [-0.15, -0.1) is 0 Å². The number of hydrogen-bond donors (Lipinski definition) is 8. The number of fused-ring (bicyclic) bond motifs is 4. The number of aliphatic hydroxyl groups excluding tert-OH is 4. The summed E-state index contributed by atoms with van der Waals surface area (Å²) in [6.07, 6.45) is -15.5. The minimum atomic E-state index is -4.72. The third-order valence-corrected chi connectivity index (χ3v) is 22.6. The number of H-pyrrole nitrogens is 4. The predicted molar refractivity (Wildman–Crippen MR) is 385 cm³/mol. The van der Waals surface area contributed by atoms with E-state index < -0.39 is 201 Å². The first-order valence-electron chi connectivity index (χ1n) is 36.0. The van der Waals surface area contributed by atoms with Crippen molar-refractivity contribution >= 4 is 77.7 Å². The van der Waals surface area contributed by atoms with Gasteiger partial charge in [0.1, 0.15) is 73.7 Å². The molecule has 8 aromatic rings. The molecule has 40 nitrogen and oxygen atoms in total. The Kier molecular flexibility index (Phi) is 22.8. The number of halogens is 8. The maximum Gasteiger partial charge on any atom is 0.530 e. The molecule has 4 saturated heterocycles. The van der Waals surface area contributed by atoms with Crippen LogP contribution in [0.1, 0.15) is 81.0 Å². The molecule has 52 heteroatoms. The molecule has 12 heterocycles. The average molecular weight is 1800 g/mol. The third kappa shape index (κ3) is 20.3. The summed E-state index contributed by atoms with van der Waals surface area (Å²) in [5.74, 6) is -11.8. The number of hydrogen-bond acceptors (Lipinski definition) is 32. The Hall–Kier alpha value is -8.04. The van der Waals surface area contributed by atoms with Crippen LogP contribution >= 0.6 is 77.7 Å². The Morgan fingerprint density at radius 3 is 0.983 bits per heavy atom. The van der Waals surface area contributed by atoms with E-state index >= 15 is 17.6 Å². The van der Waals surface area contributed by atoms with Crippen LogP contribution in [-0.4, -0.2) is 133 Å². The molecule has 8 N–H and O–H groups in total. The standard InChI is InChI=1S/4C16H15ClFN2O8P/c4*17-10-1-2-12-9(5-10)7-25-29(24,28-12)26-8-16(18)6-11(21)14(27-16)20-4-3-13(22)19-15(20)23/h4*1-5,11,14,21H,6-8H2,(H,19,22,23)/t4*11-,14-,16+,29?/m1111/s1/i8D2,14D;14D;8D2;. The fourth-order valence-electron chi connectivity index (χ4n) is 11.4. The number of aromatic nitrogens is 8. The molecule has 8 aliphatic heterocycles. The Balaban J connectivity index is 0.000000140. The van der Waals surface area contributed by atoms with Crippen molar-refractivity contribution in [3.05, 3.63) is 248 Å². The Bertz CT molecular complexity index is 6150. The van der Waals surface area contributed by atoms with Gasteiger partial charge in [-0.05, 0) is 72.8 Å². The van der Waals surface area contributed by atoms with Gasteiger partial charge in [0.2, 0.25) is 23.4 Å². The van der Waals surface area contributed by atoms with Crippen molar-refractivity contribution in [1.29, 1.82) is 0 Å². The van der Waals surface area contributed by atoms with E-state index in [-0.39, 0.29) is 49.4 Å². The van der Waals surface area contributed by atoms with E-state index in [0.717, 1.165) is 53.6 Å². The zero-order chi connectivity index (χ0) is 88.7. The molecule has 0 spiro atoms. The second-order valence-electron chi connectivity index (χ2n) is 25.3. The van der Waals surface area contributed by atoms with E-state index in [9.17, 15) is 77.0 Å². The lowest BCUT2D eigenvalue weighted by Crippen LogP contribution is -2.35. The average Bonchev–Trinajstić information content (AvgIpc) is 1.58. The van der Waals surface area contributed by atoms with Crippen molar-refractivity contribution in [2.75, 3.05) is 26.3 Å². The molecule has 0 aliphatic carbocycles. The SMILES string of the molecule is O=c1ccn([C@@H]2O[C@](F)(COP3(=O)OCc4cc(Cl)ccc4O3)C[C@H]2O)c(=O)[nH]1.[2H]C([2H])(OP1(=O)OCc2cc(Cl)ccc2O1)[C@]1(F)C[C@@H](O)[C@H](n2ccc(=O)[nH]c2=O)O1.[2H]C([2H])(OP1(=O)OCc2cc(Cl)ccc2O1)[C@]1(F)C[C@@H](O)[C@]([2H])(n2ccc(=O)[nH]c2=O)O1.[2H][C@@]1(n2ccc(=O)[nH]c2=O)O[C@](F)(COP2(=O)OCc3cc(Cl)ccc3O2)C[C@H]1O. The minimum Gasteiger partial charge on any atom is -0.404 e. The smallest absolute Gasteiger partial charge is 0.404 e. The number of ether oxygens (including phenoxy) is 4. The fourth-order valence-corrected chi connectivity index (χ4v) is 16.9. The highest BCUT2D eigenvalue weighted by Gasteiger charge is 2.55. The van der Waals surface area contributed by atoms with E-state index in [0.29, 0.717) is 56.0 Å². The van der Waals surface area contributed by atoms with Gasteiger partial charge in [-0.25, -0.2) is 55.0 Å². The first-order valence-corrected chi connectivity index (χ1v) is 40.3. The van der Waals surface area contributed by atoms with Crippen LogP contribution in [0.5, 0.6) is 23.0 Å². The molecule has 624 valence electrons. The number of aliphatic hydroxyl groups is 4. The van der Waals surface area contributed by atoms with E-state index in [1.807, 2.05) is 19.9 Å². The topological polar surface area (TPSA) is 516 Å². The van der Waals surface area contributed by atoms with Gasteiger partial charge in [-0.1, -0.05) is 46.4 Å². The Labute approximate surface area is 672 Å². The van der Waals surface area contributed by atoms with Gasteiger partial charge < -0.3 is 57.5 Å². The van der Waals surface area contributed by atoms with E-state index in [4.69, 9.17) is 128 Å². The summed E-state index contributed by atoms with van der Waals surface area (Å²) >= 11 is 23.4. The van der Waals surface area contributed by atoms with Crippen molar-refractivity contribution < 1.29 is 138 Å². The Morgan fingerprint density at radius 2 is 0.655 bits per heavy atom. The van der Waals surface area contributed by atoms with Gasteiger partial charge in [-0.2, -0.15) is 0 Å². The van der Waals surface area contributed by atoms with Gasteiger partial charge in [0.15, 0.2) is 24.9 Å². The molecule has 116 heavy (non-hydrogen) atoms. The predicted octanol–water partition coefficient (Wildman–Crippen LogP) is 7.48. The van der Waals surface area contributed by atoms with Gasteiger partial charge in [0, 0.05) is 117 Å². The lowest BCUT2D eigenvalue weighted by atomic mass is 10.2. The number of alkyl halides is 4. The second-order valence-corrected chi connectivity index (χ2v) is 33.3. The zero-order valence-electron chi connectivity index (χ0n) is 63.9. The molecule has 4 aromatic carbocycles. The van der Waals surface area contributed by atoms with Gasteiger partial charge >= 0.3 is 54.0 Å². The van der Waals surface area contributed by atoms with Crippen LogP contribution in [0.3, 0.4) is 0 Å². The second kappa shape index (κ2) is 34.0. The highest BCUT2D eigenvalue weighted by Crippen LogP contribution is 2.60. The van der Waals surface area contributed by atoms with Crippen molar-refractivity contribution in [2.24, 2.45) is 0 Å². The van der Waals surface area contributed by atoms with E-state index in [1.165, 1.54) is 60.7 Å². The summed E-state index contributed by atoms with van der Waals surface area (Å²) < 4.78 is 243. The van der Waals surface area contributed by atoms with Gasteiger partial charge in [-0.3, -0.25) is 93.6 Å². The molecular formula is C64H60Cl4F4N8O32P4. The summed E-state index contributed by atoms with van der Waals surface area (Å²) in [7, 11) is -17.7. The number of nitrogens with one attached hydrogen (secondary N) is 4. The largest absolute Gasteiger partial charge is 0.530 e. The fraction of sp³-hybridized carbons (Fsp3) is 0.375. The van der Waals surface area contributed by atoms with Crippen LogP contribution in [0.15, 0.2) is 160 Å². The molecule has 0 bridgehead atoms. The number of aromatic amines is 4. The van der Waals surface area contributed by atoms with Crippen LogP contribution < -0.4 is 63.1 Å². The molecule has 4 unspecified atom stereocenters. The quantitative estimate of drug-likeness (QED) is 0.0343. The summed E-state index contributed by atoms with van der Waals surface area (Å²) in [6, 6.07) is 21.3. The van der Waals surface area contributed by atoms with Crippen molar-refractivity contribution in [3.63, 3.8) is 0 Å². The Morgan fingerprint density at radius 1 is 0.397 bits per heavy atom. The number of benzene rings is 4. The number of phosphoric ester groups is 4. The molecule has 16 atom stereocenters. The molecule has 8 aliphatic rings. The molecule has 4 fully saturated rings. The van der Waals surface area contributed by atoms with Crippen LogP contribution in [0, 0.1) is 0 Å². The summed E-state index contributed by atoms with van der Waals surface area (Å²) in [5, 5.41) is 42.3. The first kappa shape index (κ1) is 77.8.